The van der Waals surface area contributed by atoms with Gasteiger partial charge in [0.15, 0.2) is 17.6 Å². The summed E-state index contributed by atoms with van der Waals surface area (Å²) >= 11 is 0. The molecule has 0 saturated carbocycles. The lowest BCUT2D eigenvalue weighted by Gasteiger charge is -2.25. The van der Waals surface area contributed by atoms with Crippen LogP contribution in [-0.4, -0.2) is 24.4 Å². The Morgan fingerprint density at radius 1 is 1.43 bits per heavy atom. The van der Waals surface area contributed by atoms with Crippen LogP contribution >= 0.6 is 0 Å². The van der Waals surface area contributed by atoms with Crippen molar-refractivity contribution in [2.24, 2.45) is 0 Å². The highest BCUT2D eigenvalue weighted by Crippen LogP contribution is 2.32. The smallest absolute Gasteiger partial charge is 0.162 e. The van der Waals surface area contributed by atoms with Crippen LogP contribution in [0, 0.1) is 0 Å². The molecular weight excluding hydrogens is 187 g/mol. The Kier molecular flexibility index (Phi) is 2.54. The molecule has 0 bridgehead atoms. The van der Waals surface area contributed by atoms with Crippen molar-refractivity contribution >= 4 is 0 Å². The quantitative estimate of drug-likeness (QED) is 0.778. The molecular formula is C10H11FO3. The van der Waals surface area contributed by atoms with Crippen molar-refractivity contribution in [3.8, 4) is 11.5 Å². The van der Waals surface area contributed by atoms with E-state index in [2.05, 4.69) is 0 Å². The van der Waals surface area contributed by atoms with Gasteiger partial charge < -0.3 is 14.6 Å². The average molecular weight is 198 g/mol. The summed E-state index contributed by atoms with van der Waals surface area (Å²) in [5, 5.41) is 8.86. The topological polar surface area (TPSA) is 38.7 Å². The van der Waals surface area contributed by atoms with Crippen LogP contribution in [0.1, 0.15) is 5.56 Å². The predicted molar refractivity (Wildman–Crippen MR) is 48.3 cm³/mol. The first-order chi connectivity index (χ1) is 6.83. The molecule has 0 aromatic heterocycles. The lowest BCUT2D eigenvalue weighted by atomic mass is 10.2. The predicted octanol–water partition coefficient (Wildman–Crippen LogP) is 1.29. The van der Waals surface area contributed by atoms with E-state index in [4.69, 9.17) is 14.6 Å². The maximum absolute atomic E-state index is 12.3. The molecule has 0 radical (unpaired) electrons. The van der Waals surface area contributed by atoms with Gasteiger partial charge in [-0.3, -0.25) is 0 Å². The van der Waals surface area contributed by atoms with Crippen LogP contribution in [0.4, 0.5) is 4.39 Å². The molecule has 1 heterocycles. The van der Waals surface area contributed by atoms with Crippen molar-refractivity contribution in [1.29, 1.82) is 0 Å². The van der Waals surface area contributed by atoms with E-state index in [1.165, 1.54) is 0 Å². The largest absolute Gasteiger partial charge is 0.486 e. The van der Waals surface area contributed by atoms with Crippen molar-refractivity contribution < 1.29 is 19.0 Å². The first-order valence-electron chi connectivity index (χ1n) is 4.42. The molecule has 2 rings (SSSR count). The number of hydrogen-bond donors (Lipinski definition) is 1. The molecule has 3 nitrogen and oxygen atoms in total. The minimum atomic E-state index is -0.527. The van der Waals surface area contributed by atoms with Gasteiger partial charge in [-0.05, 0) is 17.7 Å². The molecule has 0 aliphatic carbocycles. The first-order valence-corrected chi connectivity index (χ1v) is 4.42. The second-order valence-corrected chi connectivity index (χ2v) is 3.15. The number of halogens is 1. The summed E-state index contributed by atoms with van der Waals surface area (Å²) in [6.45, 7) is -0.293. The number of alkyl halides is 1. The van der Waals surface area contributed by atoms with Crippen molar-refractivity contribution in [3.05, 3.63) is 23.8 Å². The zero-order valence-electron chi connectivity index (χ0n) is 7.57. The van der Waals surface area contributed by atoms with E-state index in [-0.39, 0.29) is 12.7 Å². The molecule has 4 heteroatoms. The third kappa shape index (κ3) is 1.65. The van der Waals surface area contributed by atoms with E-state index in [1.54, 1.807) is 18.2 Å². The first kappa shape index (κ1) is 9.27. The zero-order valence-corrected chi connectivity index (χ0v) is 7.57. The van der Waals surface area contributed by atoms with E-state index in [9.17, 15) is 4.39 Å². The van der Waals surface area contributed by atoms with Gasteiger partial charge in [-0.1, -0.05) is 6.07 Å². The molecule has 1 aromatic rings. The fraction of sp³-hybridized carbons (Fsp3) is 0.400. The average Bonchev–Trinajstić information content (AvgIpc) is 2.27. The Hall–Kier alpha value is -1.29. The van der Waals surface area contributed by atoms with Crippen LogP contribution in [0.2, 0.25) is 0 Å². The second kappa shape index (κ2) is 3.84. The van der Waals surface area contributed by atoms with Gasteiger partial charge in [0.2, 0.25) is 0 Å². The third-order valence-electron chi connectivity index (χ3n) is 2.08. The number of hydrogen-bond acceptors (Lipinski definition) is 3. The number of rotatable bonds is 2. The van der Waals surface area contributed by atoms with Crippen LogP contribution in [-0.2, 0) is 6.67 Å². The van der Waals surface area contributed by atoms with E-state index < -0.39 is 6.67 Å². The van der Waals surface area contributed by atoms with E-state index >= 15 is 0 Å². The summed E-state index contributed by atoms with van der Waals surface area (Å²) in [5.41, 5.74) is 0.547. The molecule has 1 N–H and O–H groups in total. The molecule has 0 unspecified atom stereocenters. The number of fused-ring (bicyclic) bond motifs is 1. The van der Waals surface area contributed by atoms with Gasteiger partial charge in [0.25, 0.3) is 0 Å². The van der Waals surface area contributed by atoms with Crippen molar-refractivity contribution in [1.82, 2.24) is 0 Å². The fourth-order valence-electron chi connectivity index (χ4n) is 1.33. The Morgan fingerprint density at radius 3 is 3.00 bits per heavy atom. The molecule has 76 valence electrons. The van der Waals surface area contributed by atoms with Gasteiger partial charge in [-0.25, -0.2) is 4.39 Å². The normalized spacial score (nSPS) is 19.4. The summed E-state index contributed by atoms with van der Waals surface area (Å²) in [6, 6.07) is 4.93. The van der Waals surface area contributed by atoms with Gasteiger partial charge in [0, 0.05) is 0 Å². The van der Waals surface area contributed by atoms with Crippen LogP contribution < -0.4 is 9.47 Å². The molecule has 1 aliphatic heterocycles. The molecule has 0 fully saturated rings. The SMILES string of the molecule is OC[C@@H]1COc2ccc(CF)cc2O1. The second-order valence-electron chi connectivity index (χ2n) is 3.15. The summed E-state index contributed by atoms with van der Waals surface area (Å²) < 4.78 is 23.0. The number of aliphatic hydroxyl groups is 1. The van der Waals surface area contributed by atoms with Gasteiger partial charge >= 0.3 is 0 Å². The zero-order chi connectivity index (χ0) is 9.97. The molecule has 1 atom stereocenters. The highest BCUT2D eigenvalue weighted by molar-refractivity contribution is 5.43. The Morgan fingerprint density at radius 2 is 2.29 bits per heavy atom. The highest BCUT2D eigenvalue weighted by atomic mass is 19.1. The molecule has 0 saturated heterocycles. The van der Waals surface area contributed by atoms with E-state index in [0.717, 1.165) is 0 Å². The van der Waals surface area contributed by atoms with Crippen LogP contribution in [0.15, 0.2) is 18.2 Å². The molecule has 14 heavy (non-hydrogen) atoms. The maximum Gasteiger partial charge on any atom is 0.162 e. The maximum atomic E-state index is 12.3. The summed E-state index contributed by atoms with van der Waals surface area (Å²) in [4.78, 5) is 0. The van der Waals surface area contributed by atoms with Crippen LogP contribution in [0.3, 0.4) is 0 Å². The monoisotopic (exact) mass is 198 g/mol. The summed E-state index contributed by atoms with van der Waals surface area (Å²) in [5.74, 6) is 1.11. The minimum absolute atomic E-state index is 0.0979. The minimum Gasteiger partial charge on any atom is -0.486 e. The van der Waals surface area contributed by atoms with Gasteiger partial charge in [0.1, 0.15) is 13.3 Å². The summed E-state index contributed by atoms with van der Waals surface area (Å²) in [6.07, 6.45) is -0.350. The van der Waals surface area contributed by atoms with Crippen molar-refractivity contribution in [3.63, 3.8) is 0 Å². The van der Waals surface area contributed by atoms with Crippen molar-refractivity contribution in [2.45, 2.75) is 12.8 Å². The summed E-state index contributed by atoms with van der Waals surface area (Å²) in [7, 11) is 0. The van der Waals surface area contributed by atoms with Crippen molar-refractivity contribution in [2.75, 3.05) is 13.2 Å². The number of benzene rings is 1. The van der Waals surface area contributed by atoms with Gasteiger partial charge in [-0.15, -0.1) is 0 Å². The van der Waals surface area contributed by atoms with Gasteiger partial charge in [-0.2, -0.15) is 0 Å². The molecule has 1 aromatic carbocycles. The standard InChI is InChI=1S/C10H11FO3/c11-4-7-1-2-9-10(3-7)14-8(5-12)6-13-9/h1-3,8,12H,4-6H2/t8-/m1/s1. The molecule has 1 aliphatic rings. The molecule has 0 spiro atoms. The Bertz CT molecular complexity index is 327. The highest BCUT2D eigenvalue weighted by Gasteiger charge is 2.20. The van der Waals surface area contributed by atoms with Gasteiger partial charge in [0.05, 0.1) is 6.61 Å². The number of aliphatic hydroxyl groups excluding tert-OH is 1. The van der Waals surface area contributed by atoms with E-state index in [1.807, 2.05) is 0 Å². The van der Waals surface area contributed by atoms with E-state index in [0.29, 0.717) is 23.7 Å². The van der Waals surface area contributed by atoms with Crippen LogP contribution in [0.5, 0.6) is 11.5 Å². The lowest BCUT2D eigenvalue weighted by Crippen LogP contribution is -2.32. The Balaban J connectivity index is 2.25. The molecule has 0 amide bonds. The number of ether oxygens (including phenoxy) is 2. The fourth-order valence-corrected chi connectivity index (χ4v) is 1.33. The van der Waals surface area contributed by atoms with Crippen LogP contribution in [0.25, 0.3) is 0 Å². The Labute approximate surface area is 81.1 Å². The third-order valence-corrected chi connectivity index (χ3v) is 2.08. The lowest BCUT2D eigenvalue weighted by molar-refractivity contribution is 0.0455.